The minimum atomic E-state index is -0.183. The summed E-state index contributed by atoms with van der Waals surface area (Å²) in [7, 11) is 0. The van der Waals surface area contributed by atoms with Crippen molar-refractivity contribution in [2.24, 2.45) is 0 Å². The van der Waals surface area contributed by atoms with Crippen molar-refractivity contribution in [1.29, 1.82) is 0 Å². The van der Waals surface area contributed by atoms with Crippen LogP contribution in [0.1, 0.15) is 24.7 Å². The highest BCUT2D eigenvalue weighted by molar-refractivity contribution is 9.10. The summed E-state index contributed by atoms with van der Waals surface area (Å²) in [6.07, 6.45) is 0.718. The number of rotatable bonds is 6. The Balaban J connectivity index is 1.63. The molecule has 134 valence electrons. The molecule has 1 unspecified atom stereocenters. The number of ether oxygens (including phenoxy) is 2. The Morgan fingerprint density at radius 2 is 2.04 bits per heavy atom. The number of carbonyl (C=O) groups excluding carboxylic acids is 1. The molecule has 25 heavy (non-hydrogen) atoms. The van der Waals surface area contributed by atoms with Crippen LogP contribution in [0.5, 0.6) is 11.5 Å². The van der Waals surface area contributed by atoms with Gasteiger partial charge >= 0.3 is 0 Å². The number of aromatic nitrogens is 1. The summed E-state index contributed by atoms with van der Waals surface area (Å²) in [5, 5.41) is 6.41. The van der Waals surface area contributed by atoms with E-state index < -0.39 is 0 Å². The Kier molecular flexibility index (Phi) is 5.90. The number of hydrogen-bond donors (Lipinski definition) is 1. The molecule has 0 fully saturated rings. The van der Waals surface area contributed by atoms with Crippen LogP contribution in [0.25, 0.3) is 0 Å². The largest absolute Gasteiger partial charge is 0.486 e. The van der Waals surface area contributed by atoms with Gasteiger partial charge in [0.05, 0.1) is 5.25 Å². The van der Waals surface area contributed by atoms with Crippen molar-refractivity contribution in [2.75, 3.05) is 18.5 Å². The predicted octanol–water partition coefficient (Wildman–Crippen LogP) is 4.17. The van der Waals surface area contributed by atoms with Crippen molar-refractivity contribution in [2.45, 2.75) is 31.3 Å². The van der Waals surface area contributed by atoms with Crippen molar-refractivity contribution < 1.29 is 18.8 Å². The van der Waals surface area contributed by atoms with Gasteiger partial charge in [-0.1, -0.05) is 28.0 Å². The molecule has 0 saturated carbocycles. The topological polar surface area (TPSA) is 73.6 Å². The lowest BCUT2D eigenvalue weighted by Crippen LogP contribution is -2.25. The van der Waals surface area contributed by atoms with E-state index in [0.717, 1.165) is 28.0 Å². The second kappa shape index (κ2) is 8.14. The van der Waals surface area contributed by atoms with Crippen LogP contribution in [-0.2, 0) is 10.5 Å². The fraction of sp³-hybridized carbons (Fsp3) is 0.412. The normalized spacial score (nSPS) is 14.2. The summed E-state index contributed by atoms with van der Waals surface area (Å²) in [5.74, 6) is 3.22. The molecule has 2 aromatic rings. The molecule has 1 amide bonds. The number of halogens is 1. The summed E-state index contributed by atoms with van der Waals surface area (Å²) in [5.41, 5.74) is 1.07. The molecule has 1 N–H and O–H groups in total. The molecule has 2 heterocycles. The van der Waals surface area contributed by atoms with E-state index in [1.54, 1.807) is 24.8 Å². The Morgan fingerprint density at radius 1 is 1.32 bits per heavy atom. The maximum atomic E-state index is 12.4. The van der Waals surface area contributed by atoms with E-state index >= 15 is 0 Å². The summed E-state index contributed by atoms with van der Waals surface area (Å²) >= 11 is 5.15. The third-order valence-corrected chi connectivity index (χ3v) is 5.86. The fourth-order valence-corrected chi connectivity index (χ4v) is 4.13. The van der Waals surface area contributed by atoms with Gasteiger partial charge in [-0.15, -0.1) is 11.8 Å². The van der Waals surface area contributed by atoms with E-state index in [0.29, 0.717) is 30.5 Å². The van der Waals surface area contributed by atoms with Crippen LogP contribution in [0.15, 0.2) is 27.2 Å². The molecule has 1 aromatic heterocycles. The minimum absolute atomic E-state index is 0.0746. The van der Waals surface area contributed by atoms with Crippen LogP contribution in [0, 0.1) is 6.92 Å². The lowest BCUT2D eigenvalue weighted by Gasteiger charge is -2.20. The van der Waals surface area contributed by atoms with Crippen LogP contribution in [0.3, 0.4) is 0 Å². The van der Waals surface area contributed by atoms with E-state index in [9.17, 15) is 4.79 Å². The van der Waals surface area contributed by atoms with Gasteiger partial charge in [0.15, 0.2) is 17.3 Å². The number of fused-ring (bicyclic) bond motifs is 1. The molecular formula is C17H19BrN2O4S. The van der Waals surface area contributed by atoms with E-state index in [2.05, 4.69) is 26.4 Å². The number of amides is 1. The summed E-state index contributed by atoms with van der Waals surface area (Å²) in [4.78, 5) is 12.4. The second-order valence-electron chi connectivity index (χ2n) is 5.61. The molecule has 0 saturated heterocycles. The van der Waals surface area contributed by atoms with Crippen LogP contribution in [0.4, 0.5) is 5.82 Å². The average Bonchev–Trinajstić information content (AvgIpc) is 3.00. The van der Waals surface area contributed by atoms with Crippen molar-refractivity contribution >= 4 is 39.4 Å². The lowest BCUT2D eigenvalue weighted by atomic mass is 10.2. The third-order valence-electron chi connectivity index (χ3n) is 3.69. The summed E-state index contributed by atoms with van der Waals surface area (Å²) in [6, 6.07) is 5.59. The standard InChI is InChI=1S/C17H19BrN2O4S/c1-3-15(17(21)19-16-6-10(2)24-20-16)25-9-11-7-13-14(8-12(11)18)23-5-4-22-13/h6-8,15H,3-5,9H2,1-2H3,(H,19,20,21). The number of hydrogen-bond acceptors (Lipinski definition) is 6. The van der Waals surface area contributed by atoms with Gasteiger partial charge in [-0.05, 0) is 31.0 Å². The number of anilines is 1. The molecule has 0 bridgehead atoms. The maximum absolute atomic E-state index is 12.4. The second-order valence-corrected chi connectivity index (χ2v) is 7.65. The van der Waals surface area contributed by atoms with Crippen LogP contribution in [0.2, 0.25) is 0 Å². The van der Waals surface area contributed by atoms with Gasteiger partial charge in [0, 0.05) is 16.3 Å². The fourth-order valence-electron chi connectivity index (χ4n) is 2.42. The maximum Gasteiger partial charge on any atom is 0.238 e. The Labute approximate surface area is 158 Å². The van der Waals surface area contributed by atoms with Gasteiger partial charge < -0.3 is 19.3 Å². The minimum Gasteiger partial charge on any atom is -0.486 e. The smallest absolute Gasteiger partial charge is 0.238 e. The first-order valence-electron chi connectivity index (χ1n) is 8.00. The molecule has 0 aliphatic carbocycles. The molecule has 1 aliphatic rings. The highest BCUT2D eigenvalue weighted by atomic mass is 79.9. The molecule has 0 spiro atoms. The van der Waals surface area contributed by atoms with E-state index in [1.807, 2.05) is 19.1 Å². The highest BCUT2D eigenvalue weighted by Gasteiger charge is 2.20. The van der Waals surface area contributed by atoms with Gasteiger partial charge in [0.2, 0.25) is 5.91 Å². The molecule has 8 heteroatoms. The van der Waals surface area contributed by atoms with Crippen molar-refractivity contribution in [3.05, 3.63) is 34.0 Å². The number of carbonyl (C=O) groups is 1. The molecule has 1 aliphatic heterocycles. The van der Waals surface area contributed by atoms with Gasteiger partial charge in [-0.2, -0.15) is 0 Å². The van der Waals surface area contributed by atoms with Crippen molar-refractivity contribution in [3.8, 4) is 11.5 Å². The average molecular weight is 427 g/mol. The van der Waals surface area contributed by atoms with E-state index in [-0.39, 0.29) is 11.2 Å². The predicted molar refractivity (Wildman–Crippen MR) is 100 cm³/mol. The van der Waals surface area contributed by atoms with Crippen molar-refractivity contribution in [3.63, 3.8) is 0 Å². The Bertz CT molecular complexity index is 765. The molecule has 6 nitrogen and oxygen atoms in total. The SMILES string of the molecule is CCC(SCc1cc2c(cc1Br)OCCO2)C(=O)Nc1cc(C)on1. The highest BCUT2D eigenvalue weighted by Crippen LogP contribution is 2.37. The van der Waals surface area contributed by atoms with Crippen LogP contribution >= 0.6 is 27.7 Å². The third kappa shape index (κ3) is 4.49. The zero-order valence-corrected chi connectivity index (χ0v) is 16.4. The van der Waals surface area contributed by atoms with E-state index in [1.165, 1.54) is 0 Å². The van der Waals surface area contributed by atoms with Gasteiger partial charge in [-0.3, -0.25) is 4.79 Å². The quantitative estimate of drug-likeness (QED) is 0.746. The molecule has 0 radical (unpaired) electrons. The molecular weight excluding hydrogens is 408 g/mol. The summed E-state index contributed by atoms with van der Waals surface area (Å²) < 4.78 is 17.1. The van der Waals surface area contributed by atoms with Gasteiger partial charge in [-0.25, -0.2) is 0 Å². The Hall–Kier alpha value is -1.67. The van der Waals surface area contributed by atoms with Crippen LogP contribution < -0.4 is 14.8 Å². The zero-order valence-electron chi connectivity index (χ0n) is 14.0. The number of thioether (sulfide) groups is 1. The van der Waals surface area contributed by atoms with Crippen molar-refractivity contribution in [1.82, 2.24) is 5.16 Å². The molecule has 1 aromatic carbocycles. The first-order chi connectivity index (χ1) is 12.1. The summed E-state index contributed by atoms with van der Waals surface area (Å²) in [6.45, 7) is 4.89. The van der Waals surface area contributed by atoms with Crippen LogP contribution in [-0.4, -0.2) is 29.5 Å². The number of nitrogens with zero attached hydrogens (tertiary/aromatic N) is 1. The number of nitrogens with one attached hydrogen (secondary N) is 1. The Morgan fingerprint density at radius 3 is 2.68 bits per heavy atom. The number of aryl methyl sites for hydroxylation is 1. The lowest BCUT2D eigenvalue weighted by molar-refractivity contribution is -0.115. The number of benzene rings is 1. The first-order valence-corrected chi connectivity index (χ1v) is 9.84. The monoisotopic (exact) mass is 426 g/mol. The van der Waals surface area contributed by atoms with Gasteiger partial charge in [0.25, 0.3) is 0 Å². The molecule has 3 rings (SSSR count). The first kappa shape index (κ1) is 18.1. The van der Waals surface area contributed by atoms with E-state index in [4.69, 9.17) is 14.0 Å². The van der Waals surface area contributed by atoms with Gasteiger partial charge in [0.1, 0.15) is 19.0 Å². The molecule has 1 atom stereocenters. The zero-order chi connectivity index (χ0) is 17.8.